The second kappa shape index (κ2) is 5.03. The van der Waals surface area contributed by atoms with Crippen molar-refractivity contribution >= 4 is 27.7 Å². The van der Waals surface area contributed by atoms with Gasteiger partial charge in [0.1, 0.15) is 0 Å². The SMILES string of the molecule is CNC(C)c1cc(Br)ccc1SC. The summed E-state index contributed by atoms with van der Waals surface area (Å²) >= 11 is 5.27. The Morgan fingerprint density at radius 3 is 2.69 bits per heavy atom. The van der Waals surface area contributed by atoms with Gasteiger partial charge in [0, 0.05) is 15.4 Å². The molecule has 0 saturated carbocycles. The monoisotopic (exact) mass is 259 g/mol. The number of hydrogen-bond donors (Lipinski definition) is 1. The molecule has 0 fully saturated rings. The number of nitrogens with one attached hydrogen (secondary N) is 1. The minimum Gasteiger partial charge on any atom is -0.313 e. The van der Waals surface area contributed by atoms with Gasteiger partial charge in [0.15, 0.2) is 0 Å². The van der Waals surface area contributed by atoms with Crippen molar-refractivity contribution in [2.24, 2.45) is 0 Å². The molecule has 0 saturated heterocycles. The van der Waals surface area contributed by atoms with Gasteiger partial charge in [-0.2, -0.15) is 0 Å². The third-order valence-electron chi connectivity index (χ3n) is 2.09. The molecule has 1 aromatic carbocycles. The molecule has 0 bridgehead atoms. The lowest BCUT2D eigenvalue weighted by Gasteiger charge is -2.14. The maximum absolute atomic E-state index is 3.49. The molecule has 1 aromatic rings. The molecule has 0 spiro atoms. The molecular formula is C10H14BrNS. The van der Waals surface area contributed by atoms with E-state index in [1.165, 1.54) is 10.5 Å². The normalized spacial score (nSPS) is 12.9. The number of benzene rings is 1. The van der Waals surface area contributed by atoms with E-state index in [-0.39, 0.29) is 0 Å². The lowest BCUT2D eigenvalue weighted by Crippen LogP contribution is -2.13. The van der Waals surface area contributed by atoms with Gasteiger partial charge in [-0.3, -0.25) is 0 Å². The summed E-state index contributed by atoms with van der Waals surface area (Å²) in [5.74, 6) is 0. The molecule has 1 rings (SSSR count). The first-order valence-electron chi connectivity index (χ1n) is 4.19. The van der Waals surface area contributed by atoms with Gasteiger partial charge in [0.2, 0.25) is 0 Å². The van der Waals surface area contributed by atoms with Crippen molar-refractivity contribution in [2.75, 3.05) is 13.3 Å². The van der Waals surface area contributed by atoms with Crippen molar-refractivity contribution in [2.45, 2.75) is 17.9 Å². The average molecular weight is 260 g/mol. The number of halogens is 1. The highest BCUT2D eigenvalue weighted by Crippen LogP contribution is 2.28. The Balaban J connectivity index is 3.07. The Morgan fingerprint density at radius 1 is 1.46 bits per heavy atom. The topological polar surface area (TPSA) is 12.0 Å². The highest BCUT2D eigenvalue weighted by molar-refractivity contribution is 9.10. The molecule has 0 aliphatic rings. The second-order valence-electron chi connectivity index (χ2n) is 2.90. The molecule has 0 amide bonds. The summed E-state index contributed by atoms with van der Waals surface area (Å²) < 4.78 is 1.14. The van der Waals surface area contributed by atoms with Gasteiger partial charge in [0.05, 0.1) is 0 Å². The molecule has 0 radical (unpaired) electrons. The van der Waals surface area contributed by atoms with E-state index in [4.69, 9.17) is 0 Å². The van der Waals surface area contributed by atoms with Crippen LogP contribution in [0.25, 0.3) is 0 Å². The lowest BCUT2D eigenvalue weighted by atomic mass is 10.1. The van der Waals surface area contributed by atoms with Crippen molar-refractivity contribution < 1.29 is 0 Å². The number of hydrogen-bond acceptors (Lipinski definition) is 2. The summed E-state index contributed by atoms with van der Waals surface area (Å²) in [4.78, 5) is 1.34. The summed E-state index contributed by atoms with van der Waals surface area (Å²) in [7, 11) is 1.98. The van der Waals surface area contributed by atoms with Gasteiger partial charge in [0.25, 0.3) is 0 Å². The summed E-state index contributed by atoms with van der Waals surface area (Å²) in [6, 6.07) is 6.81. The van der Waals surface area contributed by atoms with Gasteiger partial charge >= 0.3 is 0 Å². The Kier molecular flexibility index (Phi) is 4.29. The lowest BCUT2D eigenvalue weighted by molar-refractivity contribution is 0.641. The maximum atomic E-state index is 3.49. The van der Waals surface area contributed by atoms with E-state index in [0.717, 1.165) is 4.47 Å². The third-order valence-corrected chi connectivity index (χ3v) is 3.40. The maximum Gasteiger partial charge on any atom is 0.0300 e. The molecule has 0 aliphatic carbocycles. The Morgan fingerprint density at radius 2 is 2.15 bits per heavy atom. The molecule has 0 aliphatic heterocycles. The molecule has 1 unspecified atom stereocenters. The Hall–Kier alpha value is 0.01000. The fourth-order valence-electron chi connectivity index (χ4n) is 1.20. The van der Waals surface area contributed by atoms with Crippen LogP contribution in [0.15, 0.2) is 27.6 Å². The van der Waals surface area contributed by atoms with E-state index in [1.807, 2.05) is 7.05 Å². The molecule has 1 N–H and O–H groups in total. The predicted molar refractivity (Wildman–Crippen MR) is 63.4 cm³/mol. The zero-order valence-electron chi connectivity index (χ0n) is 8.10. The quantitative estimate of drug-likeness (QED) is 0.835. The van der Waals surface area contributed by atoms with E-state index in [0.29, 0.717) is 6.04 Å². The molecule has 72 valence electrons. The molecular weight excluding hydrogens is 246 g/mol. The zero-order chi connectivity index (χ0) is 9.84. The molecule has 3 heteroatoms. The van der Waals surface area contributed by atoms with Crippen LogP contribution in [-0.2, 0) is 0 Å². The van der Waals surface area contributed by atoms with Gasteiger partial charge in [-0.25, -0.2) is 0 Å². The molecule has 0 heterocycles. The van der Waals surface area contributed by atoms with E-state index >= 15 is 0 Å². The first-order valence-corrected chi connectivity index (χ1v) is 6.21. The highest BCUT2D eigenvalue weighted by atomic mass is 79.9. The first-order chi connectivity index (χ1) is 6.19. The van der Waals surface area contributed by atoms with E-state index < -0.39 is 0 Å². The van der Waals surface area contributed by atoms with Crippen LogP contribution in [0.1, 0.15) is 18.5 Å². The Labute approximate surface area is 92.4 Å². The van der Waals surface area contributed by atoms with Crippen molar-refractivity contribution in [1.82, 2.24) is 5.32 Å². The van der Waals surface area contributed by atoms with Gasteiger partial charge in [-0.15, -0.1) is 11.8 Å². The van der Waals surface area contributed by atoms with Crippen LogP contribution in [0.4, 0.5) is 0 Å². The third kappa shape index (κ3) is 2.73. The van der Waals surface area contributed by atoms with Crippen LogP contribution in [0.2, 0.25) is 0 Å². The summed E-state index contributed by atoms with van der Waals surface area (Å²) in [5, 5.41) is 3.25. The molecule has 1 nitrogen and oxygen atoms in total. The van der Waals surface area contributed by atoms with E-state index in [1.54, 1.807) is 11.8 Å². The van der Waals surface area contributed by atoms with Crippen LogP contribution in [0.3, 0.4) is 0 Å². The van der Waals surface area contributed by atoms with Crippen LogP contribution in [-0.4, -0.2) is 13.3 Å². The molecule has 13 heavy (non-hydrogen) atoms. The van der Waals surface area contributed by atoms with Crippen LogP contribution < -0.4 is 5.32 Å². The fraction of sp³-hybridized carbons (Fsp3) is 0.400. The van der Waals surface area contributed by atoms with Gasteiger partial charge in [-0.05, 0) is 44.0 Å². The Bertz CT molecular complexity index is 288. The largest absolute Gasteiger partial charge is 0.313 e. The minimum absolute atomic E-state index is 0.403. The van der Waals surface area contributed by atoms with E-state index in [9.17, 15) is 0 Å². The smallest absolute Gasteiger partial charge is 0.0300 e. The van der Waals surface area contributed by atoms with Crippen molar-refractivity contribution in [1.29, 1.82) is 0 Å². The second-order valence-corrected chi connectivity index (χ2v) is 4.66. The summed E-state index contributed by atoms with van der Waals surface area (Å²) in [6.07, 6.45) is 2.11. The summed E-state index contributed by atoms with van der Waals surface area (Å²) in [6.45, 7) is 2.17. The van der Waals surface area contributed by atoms with Crippen LogP contribution in [0, 0.1) is 0 Å². The number of rotatable bonds is 3. The first kappa shape index (κ1) is 11.1. The molecule has 0 aromatic heterocycles. The minimum atomic E-state index is 0.403. The van der Waals surface area contributed by atoms with Crippen LogP contribution in [0.5, 0.6) is 0 Å². The summed E-state index contributed by atoms with van der Waals surface area (Å²) in [5.41, 5.74) is 1.35. The standard InChI is InChI=1S/C10H14BrNS/c1-7(12-2)9-6-8(11)4-5-10(9)13-3/h4-7,12H,1-3H3. The van der Waals surface area contributed by atoms with E-state index in [2.05, 4.69) is 52.6 Å². The van der Waals surface area contributed by atoms with Gasteiger partial charge in [-0.1, -0.05) is 15.9 Å². The molecule has 1 atom stereocenters. The van der Waals surface area contributed by atoms with Crippen molar-refractivity contribution in [3.63, 3.8) is 0 Å². The van der Waals surface area contributed by atoms with Crippen LogP contribution >= 0.6 is 27.7 Å². The number of thioether (sulfide) groups is 1. The average Bonchev–Trinajstić information content (AvgIpc) is 2.16. The fourth-order valence-corrected chi connectivity index (χ4v) is 2.25. The zero-order valence-corrected chi connectivity index (χ0v) is 10.5. The highest BCUT2D eigenvalue weighted by Gasteiger charge is 2.08. The van der Waals surface area contributed by atoms with Crippen molar-refractivity contribution in [3.05, 3.63) is 28.2 Å². The van der Waals surface area contributed by atoms with Gasteiger partial charge < -0.3 is 5.32 Å². The predicted octanol–water partition coefficient (Wildman–Crippen LogP) is 3.45. The van der Waals surface area contributed by atoms with Crippen molar-refractivity contribution in [3.8, 4) is 0 Å².